The maximum absolute atomic E-state index is 9.50. The molecule has 1 aromatic rings. The number of nitrogens with zero attached hydrogens (tertiary/aromatic N) is 5. The highest BCUT2D eigenvalue weighted by Crippen LogP contribution is 2.25. The Bertz CT molecular complexity index is 641. The predicted octanol–water partition coefficient (Wildman–Crippen LogP) is 2.46. The summed E-state index contributed by atoms with van der Waals surface area (Å²) in [7, 11) is 2.22. The number of pyridine rings is 1. The fraction of sp³-hybridized carbons (Fsp3) is 0.714. The number of piperidine rings is 1. The highest BCUT2D eigenvalue weighted by Gasteiger charge is 2.27. The van der Waals surface area contributed by atoms with E-state index in [4.69, 9.17) is 0 Å². The van der Waals surface area contributed by atoms with Crippen molar-refractivity contribution < 1.29 is 0 Å². The van der Waals surface area contributed by atoms with Crippen LogP contribution < -0.4 is 0 Å². The van der Waals surface area contributed by atoms with E-state index in [1.54, 1.807) is 0 Å². The van der Waals surface area contributed by atoms with Gasteiger partial charge in [-0.2, -0.15) is 5.26 Å². The van der Waals surface area contributed by atoms with Crippen LogP contribution in [0.15, 0.2) is 12.3 Å². The van der Waals surface area contributed by atoms with Crippen LogP contribution in [0.1, 0.15) is 50.4 Å². The van der Waals surface area contributed by atoms with Gasteiger partial charge in [-0.3, -0.25) is 14.8 Å². The van der Waals surface area contributed by atoms with Gasteiger partial charge in [-0.25, -0.2) is 0 Å². The van der Waals surface area contributed by atoms with Crippen LogP contribution in [-0.4, -0.2) is 72.0 Å². The number of aromatic nitrogens is 1. The number of hydrogen-bond donors (Lipinski definition) is 0. The largest absolute Gasteiger partial charge is 0.304 e. The van der Waals surface area contributed by atoms with Crippen molar-refractivity contribution in [3.05, 3.63) is 29.1 Å². The highest BCUT2D eigenvalue weighted by atomic mass is 15.3. The normalized spacial score (nSPS) is 21.7. The molecular weight excluding hydrogens is 322 g/mol. The smallest absolute Gasteiger partial charge is 0.101 e. The van der Waals surface area contributed by atoms with Gasteiger partial charge in [-0.05, 0) is 44.6 Å². The first-order valence-electron chi connectivity index (χ1n) is 9.91. The minimum absolute atomic E-state index is 0.0928. The fourth-order valence-corrected chi connectivity index (χ4v) is 4.17. The van der Waals surface area contributed by atoms with Gasteiger partial charge < -0.3 is 4.90 Å². The van der Waals surface area contributed by atoms with Crippen molar-refractivity contribution in [3.8, 4) is 6.07 Å². The van der Waals surface area contributed by atoms with Gasteiger partial charge in [0.2, 0.25) is 0 Å². The number of nitriles is 1. The standard InChI is InChI=1S/C21H33N5/c1-21(2,3)20-18(14-22)13-17(15-23-20)16-25-7-5-19(6-8-25)26-11-9-24(4)10-12-26/h13,15,19H,5-12,16H2,1-4H3. The third-order valence-corrected chi connectivity index (χ3v) is 5.79. The average Bonchev–Trinajstić information content (AvgIpc) is 2.62. The summed E-state index contributed by atoms with van der Waals surface area (Å²) in [5.41, 5.74) is 2.69. The molecule has 0 unspecified atom stereocenters. The maximum Gasteiger partial charge on any atom is 0.101 e. The number of rotatable bonds is 3. The maximum atomic E-state index is 9.50. The van der Waals surface area contributed by atoms with E-state index in [1.807, 2.05) is 12.3 Å². The van der Waals surface area contributed by atoms with Gasteiger partial charge in [-0.1, -0.05) is 20.8 Å². The number of piperazine rings is 1. The van der Waals surface area contributed by atoms with Crippen LogP contribution >= 0.6 is 0 Å². The van der Waals surface area contributed by atoms with Gasteiger partial charge in [-0.15, -0.1) is 0 Å². The van der Waals surface area contributed by atoms with Gasteiger partial charge in [0.25, 0.3) is 0 Å². The van der Waals surface area contributed by atoms with Crippen LogP contribution in [0, 0.1) is 11.3 Å². The summed E-state index contributed by atoms with van der Waals surface area (Å²) in [6, 6.07) is 5.13. The third kappa shape index (κ3) is 4.62. The third-order valence-electron chi connectivity index (χ3n) is 5.79. The second-order valence-corrected chi connectivity index (χ2v) is 8.95. The molecular formula is C21H33N5. The Balaban J connectivity index is 1.55. The molecule has 26 heavy (non-hydrogen) atoms. The molecule has 3 rings (SSSR count). The number of likely N-dealkylation sites (tertiary alicyclic amines) is 1. The molecule has 2 aliphatic rings. The van der Waals surface area contributed by atoms with E-state index in [2.05, 4.69) is 53.6 Å². The Morgan fingerprint density at radius 1 is 1.12 bits per heavy atom. The number of hydrogen-bond acceptors (Lipinski definition) is 5. The molecule has 0 saturated carbocycles. The number of likely N-dealkylation sites (N-methyl/N-ethyl adjacent to an activating group) is 1. The molecule has 2 saturated heterocycles. The van der Waals surface area contributed by atoms with Crippen molar-refractivity contribution in [1.29, 1.82) is 5.26 Å². The molecule has 2 aliphatic heterocycles. The van der Waals surface area contributed by atoms with E-state index < -0.39 is 0 Å². The van der Waals surface area contributed by atoms with Gasteiger partial charge in [0.1, 0.15) is 6.07 Å². The molecule has 0 amide bonds. The van der Waals surface area contributed by atoms with E-state index >= 15 is 0 Å². The van der Waals surface area contributed by atoms with Crippen LogP contribution in [-0.2, 0) is 12.0 Å². The molecule has 0 bridgehead atoms. The van der Waals surface area contributed by atoms with Gasteiger partial charge in [0, 0.05) is 50.4 Å². The molecule has 142 valence electrons. The molecule has 0 atom stereocenters. The van der Waals surface area contributed by atoms with Crippen LogP contribution in [0.5, 0.6) is 0 Å². The minimum Gasteiger partial charge on any atom is -0.304 e. The van der Waals surface area contributed by atoms with Crippen molar-refractivity contribution in [1.82, 2.24) is 19.7 Å². The first kappa shape index (κ1) is 19.3. The summed E-state index contributed by atoms with van der Waals surface area (Å²) in [6.45, 7) is 14.3. The van der Waals surface area contributed by atoms with Crippen LogP contribution in [0.3, 0.4) is 0 Å². The zero-order valence-corrected chi connectivity index (χ0v) is 16.8. The van der Waals surface area contributed by atoms with E-state index in [-0.39, 0.29) is 5.41 Å². The molecule has 0 radical (unpaired) electrons. The SMILES string of the molecule is CN1CCN(C2CCN(Cc3cnc(C(C)(C)C)c(C#N)c3)CC2)CC1. The molecule has 2 fully saturated rings. The first-order chi connectivity index (χ1) is 12.4. The van der Waals surface area contributed by atoms with E-state index in [1.165, 1.54) is 39.0 Å². The van der Waals surface area contributed by atoms with Gasteiger partial charge in [0.05, 0.1) is 11.3 Å². The predicted molar refractivity (Wildman–Crippen MR) is 105 cm³/mol. The minimum atomic E-state index is -0.0928. The summed E-state index contributed by atoms with van der Waals surface area (Å²) >= 11 is 0. The van der Waals surface area contributed by atoms with Crippen molar-refractivity contribution in [2.45, 2.75) is 51.6 Å². The van der Waals surface area contributed by atoms with E-state index in [0.717, 1.165) is 42.5 Å². The molecule has 5 heteroatoms. The van der Waals surface area contributed by atoms with Crippen LogP contribution in [0.25, 0.3) is 0 Å². The van der Waals surface area contributed by atoms with E-state index in [0.29, 0.717) is 0 Å². The topological polar surface area (TPSA) is 46.4 Å². The van der Waals surface area contributed by atoms with Crippen LogP contribution in [0.4, 0.5) is 0 Å². The lowest BCUT2D eigenvalue weighted by molar-refractivity contribution is 0.0657. The van der Waals surface area contributed by atoms with Crippen LogP contribution in [0.2, 0.25) is 0 Å². The lowest BCUT2D eigenvalue weighted by atomic mass is 9.88. The molecule has 0 aliphatic carbocycles. The van der Waals surface area contributed by atoms with Crippen molar-refractivity contribution >= 4 is 0 Å². The van der Waals surface area contributed by atoms with Crippen molar-refractivity contribution in [2.75, 3.05) is 46.3 Å². The summed E-state index contributed by atoms with van der Waals surface area (Å²) in [4.78, 5) is 12.2. The van der Waals surface area contributed by atoms with Gasteiger partial charge in [0.15, 0.2) is 0 Å². The zero-order chi connectivity index (χ0) is 18.7. The van der Waals surface area contributed by atoms with Crippen molar-refractivity contribution in [3.63, 3.8) is 0 Å². The second-order valence-electron chi connectivity index (χ2n) is 8.95. The zero-order valence-electron chi connectivity index (χ0n) is 16.8. The Kier molecular flexibility index (Phi) is 5.96. The van der Waals surface area contributed by atoms with Gasteiger partial charge >= 0.3 is 0 Å². The molecule has 0 aromatic carbocycles. The fourth-order valence-electron chi connectivity index (χ4n) is 4.17. The lowest BCUT2D eigenvalue weighted by Crippen LogP contribution is -2.52. The Morgan fingerprint density at radius 3 is 2.35 bits per heavy atom. The average molecular weight is 356 g/mol. The Hall–Kier alpha value is -1.48. The van der Waals surface area contributed by atoms with Crippen molar-refractivity contribution in [2.24, 2.45) is 0 Å². The Labute approximate surface area is 158 Å². The quantitative estimate of drug-likeness (QED) is 0.833. The Morgan fingerprint density at radius 2 is 1.77 bits per heavy atom. The molecule has 0 spiro atoms. The summed E-state index contributed by atoms with van der Waals surface area (Å²) in [5.74, 6) is 0. The molecule has 0 N–H and O–H groups in total. The second kappa shape index (κ2) is 8.04. The molecule has 3 heterocycles. The summed E-state index contributed by atoms with van der Waals surface area (Å²) in [5, 5.41) is 9.50. The summed E-state index contributed by atoms with van der Waals surface area (Å²) < 4.78 is 0. The molecule has 5 nitrogen and oxygen atoms in total. The highest BCUT2D eigenvalue weighted by molar-refractivity contribution is 5.39. The van der Waals surface area contributed by atoms with E-state index in [9.17, 15) is 5.26 Å². The molecule has 1 aromatic heterocycles. The monoisotopic (exact) mass is 355 g/mol. The lowest BCUT2D eigenvalue weighted by Gasteiger charge is -2.42. The summed E-state index contributed by atoms with van der Waals surface area (Å²) in [6.07, 6.45) is 4.47. The first-order valence-corrected chi connectivity index (χ1v) is 9.91.